The second-order valence-corrected chi connectivity index (χ2v) is 5.49. The van der Waals surface area contributed by atoms with Gasteiger partial charge in [0.15, 0.2) is 0 Å². The fourth-order valence-electron chi connectivity index (χ4n) is 1.46. The summed E-state index contributed by atoms with van der Waals surface area (Å²) in [6.45, 7) is 6.26. The van der Waals surface area contributed by atoms with Crippen LogP contribution < -0.4 is 10.6 Å². The predicted octanol–water partition coefficient (Wildman–Crippen LogP) is 2.48. The summed E-state index contributed by atoms with van der Waals surface area (Å²) >= 11 is 5.80. The number of halogens is 2. The van der Waals surface area contributed by atoms with Gasteiger partial charge < -0.3 is 10.6 Å². The van der Waals surface area contributed by atoms with Gasteiger partial charge in [-0.2, -0.15) is 0 Å². The first-order valence-corrected chi connectivity index (χ1v) is 6.12. The van der Waals surface area contributed by atoms with Crippen LogP contribution in [0.1, 0.15) is 26.3 Å². The third kappa shape index (κ3) is 5.02. The molecule has 1 aromatic carbocycles. The van der Waals surface area contributed by atoms with Crippen molar-refractivity contribution in [2.24, 2.45) is 0 Å². The van der Waals surface area contributed by atoms with E-state index in [-0.39, 0.29) is 23.0 Å². The fraction of sp³-hybridized carbons (Fsp3) is 0.462. The Morgan fingerprint density at radius 3 is 2.67 bits per heavy atom. The van der Waals surface area contributed by atoms with Crippen molar-refractivity contribution in [1.29, 1.82) is 0 Å². The number of benzene rings is 1. The quantitative estimate of drug-likeness (QED) is 0.884. The molecule has 1 rings (SSSR count). The Morgan fingerprint density at radius 2 is 2.06 bits per heavy atom. The topological polar surface area (TPSA) is 41.1 Å². The van der Waals surface area contributed by atoms with Gasteiger partial charge in [-0.05, 0) is 32.4 Å². The van der Waals surface area contributed by atoms with Crippen molar-refractivity contribution in [3.05, 3.63) is 34.6 Å². The standard InChI is InChI=1S/C13H18ClFN2O/c1-13(2,3)17-11(18)8-16-7-9-5-4-6-10(15)12(9)14/h4-6,16H,7-8H2,1-3H3,(H,17,18). The molecule has 0 aliphatic rings. The van der Waals surface area contributed by atoms with Crippen LogP contribution in [0.5, 0.6) is 0 Å². The maximum absolute atomic E-state index is 13.1. The van der Waals surface area contributed by atoms with Gasteiger partial charge in [-0.3, -0.25) is 4.79 Å². The average molecular weight is 273 g/mol. The summed E-state index contributed by atoms with van der Waals surface area (Å²) in [5.74, 6) is -0.551. The van der Waals surface area contributed by atoms with Crippen LogP contribution >= 0.6 is 11.6 Å². The van der Waals surface area contributed by atoms with Crippen molar-refractivity contribution in [3.63, 3.8) is 0 Å². The minimum Gasteiger partial charge on any atom is -0.350 e. The van der Waals surface area contributed by atoms with E-state index in [1.54, 1.807) is 12.1 Å². The van der Waals surface area contributed by atoms with Gasteiger partial charge in [0, 0.05) is 12.1 Å². The zero-order valence-electron chi connectivity index (χ0n) is 10.8. The summed E-state index contributed by atoms with van der Waals surface area (Å²) in [5, 5.41) is 5.85. The first-order chi connectivity index (χ1) is 8.29. The number of hydrogen-bond acceptors (Lipinski definition) is 2. The molecular weight excluding hydrogens is 255 g/mol. The molecule has 0 saturated heterocycles. The van der Waals surface area contributed by atoms with Gasteiger partial charge in [-0.25, -0.2) is 4.39 Å². The summed E-state index contributed by atoms with van der Waals surface area (Å²) in [4.78, 5) is 11.5. The maximum atomic E-state index is 13.1. The third-order valence-electron chi connectivity index (χ3n) is 2.15. The molecule has 0 saturated carbocycles. The molecular formula is C13H18ClFN2O. The molecule has 1 aromatic rings. The van der Waals surface area contributed by atoms with Crippen LogP contribution in [-0.4, -0.2) is 18.0 Å². The lowest BCUT2D eigenvalue weighted by atomic mass is 10.1. The Hall–Kier alpha value is -1.13. The van der Waals surface area contributed by atoms with Crippen LogP contribution in [0.2, 0.25) is 5.02 Å². The Morgan fingerprint density at radius 1 is 1.39 bits per heavy atom. The van der Waals surface area contributed by atoms with E-state index < -0.39 is 5.82 Å². The molecule has 100 valence electrons. The van der Waals surface area contributed by atoms with E-state index in [1.807, 2.05) is 20.8 Å². The highest BCUT2D eigenvalue weighted by molar-refractivity contribution is 6.31. The zero-order chi connectivity index (χ0) is 13.8. The van der Waals surface area contributed by atoms with Crippen molar-refractivity contribution < 1.29 is 9.18 Å². The van der Waals surface area contributed by atoms with Crippen LogP contribution in [-0.2, 0) is 11.3 Å². The van der Waals surface area contributed by atoms with Gasteiger partial charge in [0.1, 0.15) is 5.82 Å². The molecule has 0 bridgehead atoms. The summed E-state index contributed by atoms with van der Waals surface area (Å²) in [6.07, 6.45) is 0. The smallest absolute Gasteiger partial charge is 0.234 e. The maximum Gasteiger partial charge on any atom is 0.234 e. The highest BCUT2D eigenvalue weighted by Crippen LogP contribution is 2.19. The zero-order valence-corrected chi connectivity index (χ0v) is 11.6. The molecule has 5 heteroatoms. The van der Waals surface area contributed by atoms with E-state index in [1.165, 1.54) is 6.07 Å². The number of hydrogen-bond donors (Lipinski definition) is 2. The largest absolute Gasteiger partial charge is 0.350 e. The third-order valence-corrected chi connectivity index (χ3v) is 2.57. The van der Waals surface area contributed by atoms with E-state index in [9.17, 15) is 9.18 Å². The SMILES string of the molecule is CC(C)(C)NC(=O)CNCc1cccc(F)c1Cl. The van der Waals surface area contributed by atoms with E-state index in [0.717, 1.165) is 0 Å². The van der Waals surface area contributed by atoms with Crippen molar-refractivity contribution in [2.75, 3.05) is 6.54 Å². The second kappa shape index (κ2) is 6.16. The second-order valence-electron chi connectivity index (χ2n) is 5.11. The molecule has 3 nitrogen and oxygen atoms in total. The van der Waals surface area contributed by atoms with Gasteiger partial charge in [-0.1, -0.05) is 23.7 Å². The van der Waals surface area contributed by atoms with Crippen molar-refractivity contribution in [1.82, 2.24) is 10.6 Å². The Bertz CT molecular complexity index is 429. The number of nitrogens with one attached hydrogen (secondary N) is 2. The summed E-state index contributed by atoms with van der Waals surface area (Å²) in [7, 11) is 0. The summed E-state index contributed by atoms with van der Waals surface area (Å²) in [5.41, 5.74) is 0.384. The minimum atomic E-state index is -0.449. The van der Waals surface area contributed by atoms with Crippen molar-refractivity contribution >= 4 is 17.5 Å². The number of amides is 1. The molecule has 0 heterocycles. The van der Waals surface area contributed by atoms with Gasteiger partial charge in [0.2, 0.25) is 5.91 Å². The normalized spacial score (nSPS) is 11.4. The predicted molar refractivity (Wildman–Crippen MR) is 71.0 cm³/mol. The number of carbonyl (C=O) groups excluding carboxylic acids is 1. The van der Waals surface area contributed by atoms with Gasteiger partial charge in [-0.15, -0.1) is 0 Å². The molecule has 0 radical (unpaired) electrons. The number of carbonyl (C=O) groups is 1. The lowest BCUT2D eigenvalue weighted by Gasteiger charge is -2.20. The van der Waals surface area contributed by atoms with Crippen LogP contribution in [0.3, 0.4) is 0 Å². The highest BCUT2D eigenvalue weighted by Gasteiger charge is 2.13. The van der Waals surface area contributed by atoms with Gasteiger partial charge in [0.25, 0.3) is 0 Å². The molecule has 0 aromatic heterocycles. The van der Waals surface area contributed by atoms with Crippen molar-refractivity contribution in [2.45, 2.75) is 32.9 Å². The van der Waals surface area contributed by atoms with Crippen LogP contribution in [0.15, 0.2) is 18.2 Å². The van der Waals surface area contributed by atoms with Crippen molar-refractivity contribution in [3.8, 4) is 0 Å². The molecule has 0 atom stereocenters. The van der Waals surface area contributed by atoms with Crippen LogP contribution in [0.25, 0.3) is 0 Å². The Balaban J connectivity index is 2.43. The average Bonchev–Trinajstić information content (AvgIpc) is 2.21. The molecule has 18 heavy (non-hydrogen) atoms. The Kier molecular flexibility index (Phi) is 5.11. The number of rotatable bonds is 4. The minimum absolute atomic E-state index is 0.0984. The first-order valence-electron chi connectivity index (χ1n) is 5.74. The van der Waals surface area contributed by atoms with Gasteiger partial charge >= 0.3 is 0 Å². The van der Waals surface area contributed by atoms with Gasteiger partial charge in [0.05, 0.1) is 11.6 Å². The molecule has 0 aliphatic heterocycles. The molecule has 1 amide bonds. The molecule has 2 N–H and O–H groups in total. The molecule has 0 aliphatic carbocycles. The Labute approximate surface area is 112 Å². The summed E-state index contributed by atoms with van der Waals surface area (Å²) < 4.78 is 13.1. The fourth-order valence-corrected chi connectivity index (χ4v) is 1.65. The van der Waals surface area contributed by atoms with E-state index in [2.05, 4.69) is 10.6 Å². The van der Waals surface area contributed by atoms with Crippen LogP contribution in [0, 0.1) is 5.82 Å². The summed E-state index contributed by atoms with van der Waals surface area (Å²) in [6, 6.07) is 4.62. The first kappa shape index (κ1) is 14.9. The van der Waals surface area contributed by atoms with E-state index in [0.29, 0.717) is 12.1 Å². The molecule has 0 spiro atoms. The van der Waals surface area contributed by atoms with E-state index in [4.69, 9.17) is 11.6 Å². The monoisotopic (exact) mass is 272 g/mol. The molecule has 0 fully saturated rings. The lowest BCUT2D eigenvalue weighted by molar-refractivity contribution is -0.121. The van der Waals surface area contributed by atoms with Crippen LogP contribution in [0.4, 0.5) is 4.39 Å². The highest BCUT2D eigenvalue weighted by atomic mass is 35.5. The molecule has 0 unspecified atom stereocenters. The van der Waals surface area contributed by atoms with E-state index >= 15 is 0 Å². The lowest BCUT2D eigenvalue weighted by Crippen LogP contribution is -2.44.